The van der Waals surface area contributed by atoms with Gasteiger partial charge in [-0.1, -0.05) is 0 Å². The highest BCUT2D eigenvalue weighted by Gasteiger charge is 2.72. The number of hydroxylamine groups is 2. The molecule has 0 aromatic heterocycles. The Morgan fingerprint density at radius 1 is 1.60 bits per heavy atom. The molecule has 2 saturated heterocycles. The number of aliphatic imine (C=N–C) groups is 1. The van der Waals surface area contributed by atoms with Gasteiger partial charge < -0.3 is 36.7 Å². The number of nitrogens with one attached hydrogen (secondary N) is 2. The normalized spacial score (nSPS) is 40.7. The van der Waals surface area contributed by atoms with Crippen molar-refractivity contribution in [1.29, 1.82) is 0 Å². The summed E-state index contributed by atoms with van der Waals surface area (Å²) in [4.78, 5) is 17.8. The number of rotatable bonds is 3. The molecule has 8 N–H and O–H groups in total. The van der Waals surface area contributed by atoms with E-state index in [1.807, 2.05) is 13.8 Å². The lowest BCUT2D eigenvalue weighted by Gasteiger charge is -2.52. The molecule has 3 aliphatic rings. The fourth-order valence-electron chi connectivity index (χ4n) is 4.13. The van der Waals surface area contributed by atoms with Gasteiger partial charge in [0.05, 0.1) is 6.04 Å². The van der Waals surface area contributed by atoms with Crippen molar-refractivity contribution in [2.75, 3.05) is 13.2 Å². The first-order valence-electron chi connectivity index (χ1n) is 8.37. The van der Waals surface area contributed by atoms with Crippen LogP contribution in [0.4, 0.5) is 4.79 Å². The fraction of sp³-hybridized carbons (Fsp3) is 0.857. The second-order valence-corrected chi connectivity index (χ2v) is 7.29. The molecule has 2 fully saturated rings. The smallest absolute Gasteiger partial charge is 0.407 e. The van der Waals surface area contributed by atoms with Gasteiger partial charge in [-0.25, -0.2) is 9.79 Å². The summed E-state index contributed by atoms with van der Waals surface area (Å²) in [7, 11) is 0. The summed E-state index contributed by atoms with van der Waals surface area (Å²) < 4.78 is 5.24. The minimum Gasteiger partial charge on any atom is -0.447 e. The number of guanidine groups is 1. The van der Waals surface area contributed by atoms with Gasteiger partial charge in [-0.15, -0.1) is 5.06 Å². The number of ether oxygens (including phenoxy) is 1. The monoisotopic (exact) mass is 357 g/mol. The van der Waals surface area contributed by atoms with Gasteiger partial charge in [-0.2, -0.15) is 0 Å². The van der Waals surface area contributed by atoms with Gasteiger partial charge in [0.15, 0.2) is 11.6 Å². The summed E-state index contributed by atoms with van der Waals surface area (Å²) in [6, 6.07) is -1.25. The van der Waals surface area contributed by atoms with E-state index in [1.54, 1.807) is 11.8 Å². The molecule has 3 aliphatic heterocycles. The summed E-state index contributed by atoms with van der Waals surface area (Å²) in [5.74, 6) is 0.168. The Kier molecular flexibility index (Phi) is 4.32. The zero-order valence-corrected chi connectivity index (χ0v) is 14.6. The van der Waals surface area contributed by atoms with Gasteiger partial charge in [-0.3, -0.25) is 5.32 Å². The van der Waals surface area contributed by atoms with Crippen molar-refractivity contribution in [3.8, 4) is 0 Å². The molecule has 0 radical (unpaired) electrons. The Balaban J connectivity index is 1.89. The average molecular weight is 357 g/mol. The minimum atomic E-state index is -1.30. The topological polar surface area (TPSA) is 162 Å². The van der Waals surface area contributed by atoms with Crippen LogP contribution < -0.4 is 22.1 Å². The first-order chi connectivity index (χ1) is 11.6. The molecule has 0 saturated carbocycles. The highest BCUT2D eigenvalue weighted by atomic mass is 16.6. The second-order valence-electron chi connectivity index (χ2n) is 7.29. The Labute approximate surface area is 145 Å². The molecule has 11 nitrogen and oxygen atoms in total. The number of amides is 1. The molecule has 142 valence electrons. The molecule has 5 unspecified atom stereocenters. The number of nitrogens with zero attached hydrogens (tertiary/aromatic N) is 3. The van der Waals surface area contributed by atoms with Crippen LogP contribution in [0.5, 0.6) is 0 Å². The van der Waals surface area contributed by atoms with Crippen LogP contribution >= 0.6 is 0 Å². The van der Waals surface area contributed by atoms with Gasteiger partial charge in [0.2, 0.25) is 0 Å². The third kappa shape index (κ3) is 2.54. The molecule has 0 bridgehead atoms. The lowest BCUT2D eigenvalue weighted by molar-refractivity contribution is -0.258. The van der Waals surface area contributed by atoms with Crippen LogP contribution in [0.1, 0.15) is 27.2 Å². The largest absolute Gasteiger partial charge is 0.447 e. The number of aliphatic hydroxyl groups is 1. The number of nitrogens with two attached hydrogens (primary N) is 2. The number of hydrogen-bond donors (Lipinski definition) is 6. The molecule has 0 aromatic carbocycles. The maximum atomic E-state index is 11.8. The Morgan fingerprint density at radius 2 is 2.28 bits per heavy atom. The standard InChI is InChI=1S/C14H27N7O4/c1-7(2)17-12(22)25-6-8-9-14(21(24)11(16)19-9)13(3,23)4-5-20(14)10(15)18-8/h7-9,11,19,23-24H,4-6,16H2,1-3H3,(H2,15,18)(H,17,22). The van der Waals surface area contributed by atoms with Gasteiger partial charge in [0.1, 0.15) is 24.5 Å². The summed E-state index contributed by atoms with van der Waals surface area (Å²) >= 11 is 0. The fourth-order valence-corrected chi connectivity index (χ4v) is 4.13. The van der Waals surface area contributed by atoms with Crippen molar-refractivity contribution in [2.24, 2.45) is 16.5 Å². The van der Waals surface area contributed by atoms with Crippen molar-refractivity contribution >= 4 is 12.1 Å². The van der Waals surface area contributed by atoms with Crippen LogP contribution in [0.25, 0.3) is 0 Å². The highest BCUT2D eigenvalue weighted by Crippen LogP contribution is 2.48. The van der Waals surface area contributed by atoms with E-state index in [1.165, 1.54) is 0 Å². The van der Waals surface area contributed by atoms with Crippen molar-refractivity contribution in [3.05, 3.63) is 0 Å². The van der Waals surface area contributed by atoms with Gasteiger partial charge in [-0.05, 0) is 27.2 Å². The number of alkyl carbamates (subject to hydrolysis) is 1. The molecule has 3 rings (SSSR count). The minimum absolute atomic E-state index is 0.0595. The first-order valence-corrected chi connectivity index (χ1v) is 8.37. The van der Waals surface area contributed by atoms with E-state index in [0.29, 0.717) is 13.0 Å². The summed E-state index contributed by atoms with van der Waals surface area (Å²) in [6.07, 6.45) is -1.10. The number of hydrogen-bond acceptors (Lipinski definition) is 10. The number of carbonyl (C=O) groups is 1. The summed E-state index contributed by atoms with van der Waals surface area (Å²) in [5.41, 5.74) is 9.46. The van der Waals surface area contributed by atoms with Crippen LogP contribution in [0.2, 0.25) is 0 Å². The molecule has 0 aromatic rings. The highest BCUT2D eigenvalue weighted by molar-refractivity contribution is 5.81. The molecule has 25 heavy (non-hydrogen) atoms. The second kappa shape index (κ2) is 5.95. The molecular formula is C14H27N7O4. The zero-order chi connectivity index (χ0) is 18.6. The van der Waals surface area contributed by atoms with E-state index >= 15 is 0 Å². The molecule has 0 aliphatic carbocycles. The van der Waals surface area contributed by atoms with Crippen LogP contribution in [0, 0.1) is 0 Å². The molecule has 1 amide bonds. The van der Waals surface area contributed by atoms with E-state index in [4.69, 9.17) is 16.2 Å². The van der Waals surface area contributed by atoms with Gasteiger partial charge in [0.25, 0.3) is 0 Å². The van der Waals surface area contributed by atoms with Crippen molar-refractivity contribution < 1.29 is 19.8 Å². The van der Waals surface area contributed by atoms with E-state index in [2.05, 4.69) is 15.6 Å². The SMILES string of the molecule is CC(C)NC(=O)OCC1N=C(N)N2CCC(C)(O)C23C1NC(N)N3O. The molecular weight excluding hydrogens is 330 g/mol. The van der Waals surface area contributed by atoms with E-state index < -0.39 is 35.7 Å². The maximum Gasteiger partial charge on any atom is 0.407 e. The third-order valence-electron chi connectivity index (χ3n) is 5.17. The summed E-state index contributed by atoms with van der Waals surface area (Å²) in [6.45, 7) is 5.63. The zero-order valence-electron chi connectivity index (χ0n) is 14.6. The quantitative estimate of drug-likeness (QED) is 0.331. The van der Waals surface area contributed by atoms with Crippen LogP contribution in [-0.2, 0) is 4.74 Å². The first kappa shape index (κ1) is 18.1. The van der Waals surface area contributed by atoms with Crippen LogP contribution in [-0.4, -0.2) is 81.2 Å². The van der Waals surface area contributed by atoms with Gasteiger partial charge in [0, 0.05) is 12.6 Å². The lowest BCUT2D eigenvalue weighted by Crippen LogP contribution is -2.76. The van der Waals surface area contributed by atoms with Crippen molar-refractivity contribution in [2.45, 2.75) is 62.9 Å². The molecule has 3 heterocycles. The van der Waals surface area contributed by atoms with E-state index in [-0.39, 0.29) is 18.6 Å². The predicted molar refractivity (Wildman–Crippen MR) is 88.2 cm³/mol. The van der Waals surface area contributed by atoms with Crippen molar-refractivity contribution in [3.63, 3.8) is 0 Å². The van der Waals surface area contributed by atoms with Crippen LogP contribution in [0.3, 0.4) is 0 Å². The van der Waals surface area contributed by atoms with E-state index in [9.17, 15) is 15.1 Å². The third-order valence-corrected chi connectivity index (χ3v) is 5.17. The predicted octanol–water partition coefficient (Wildman–Crippen LogP) is -2.12. The molecule has 11 heteroatoms. The average Bonchev–Trinajstić information content (AvgIpc) is 2.94. The summed E-state index contributed by atoms with van der Waals surface area (Å²) in [5, 5.41) is 28.2. The molecule has 5 atom stereocenters. The Bertz CT molecular complexity index is 584. The van der Waals surface area contributed by atoms with E-state index in [0.717, 1.165) is 5.06 Å². The molecule has 1 spiro atoms. The Hall–Kier alpha value is -1.66. The Morgan fingerprint density at radius 3 is 2.92 bits per heavy atom. The number of carbonyl (C=O) groups excluding carboxylic acids is 1. The maximum absolute atomic E-state index is 11.8. The van der Waals surface area contributed by atoms with Gasteiger partial charge >= 0.3 is 6.09 Å². The van der Waals surface area contributed by atoms with Crippen molar-refractivity contribution in [1.82, 2.24) is 20.6 Å². The van der Waals surface area contributed by atoms with Crippen LogP contribution in [0.15, 0.2) is 4.99 Å². The lowest BCUT2D eigenvalue weighted by atomic mass is 9.80.